The smallest absolute Gasteiger partial charge is 0.497 e. The van der Waals surface area contributed by atoms with Crippen molar-refractivity contribution in [1.82, 2.24) is 4.90 Å². The minimum atomic E-state index is -5.42. The van der Waals surface area contributed by atoms with Crippen molar-refractivity contribution in [2.75, 3.05) is 20.2 Å². The van der Waals surface area contributed by atoms with Crippen molar-refractivity contribution < 1.29 is 31.1 Å². The lowest BCUT2D eigenvalue weighted by atomic mass is 9.98. The van der Waals surface area contributed by atoms with Crippen LogP contribution < -0.4 is 4.74 Å². The third-order valence-corrected chi connectivity index (χ3v) is 6.28. The number of ether oxygens (including phenoxy) is 1. The number of likely N-dealkylation sites (tertiary alicyclic amines) is 1. The molecule has 0 N–H and O–H groups in total. The van der Waals surface area contributed by atoms with E-state index in [0.717, 1.165) is 42.0 Å². The molecular weight excluding hydrogens is 395 g/mol. The summed E-state index contributed by atoms with van der Waals surface area (Å²) in [4.78, 5) is 13.3. The molecule has 0 aliphatic carbocycles. The molecule has 1 unspecified atom stereocenters. The summed E-state index contributed by atoms with van der Waals surface area (Å²) in [5.74, 6) is 0.551. The zero-order valence-corrected chi connectivity index (χ0v) is 15.8. The van der Waals surface area contributed by atoms with Crippen molar-refractivity contribution in [3.8, 4) is 5.75 Å². The number of alkyl halides is 3. The molecule has 1 atom stereocenters. The maximum Gasteiger partial charge on any atom is 0.501 e. The van der Waals surface area contributed by atoms with Gasteiger partial charge in [-0.2, -0.15) is 13.2 Å². The first-order chi connectivity index (χ1) is 13.1. The number of hydrogen-bond acceptors (Lipinski definition) is 4. The molecule has 2 aromatic rings. The van der Waals surface area contributed by atoms with Gasteiger partial charge in [-0.25, -0.2) is 8.42 Å². The van der Waals surface area contributed by atoms with E-state index in [9.17, 15) is 26.4 Å². The maximum atomic E-state index is 12.6. The van der Waals surface area contributed by atoms with Crippen LogP contribution in [0.2, 0.25) is 0 Å². The summed E-state index contributed by atoms with van der Waals surface area (Å²) in [6.45, 7) is 0.992. The molecule has 1 heterocycles. The Morgan fingerprint density at radius 3 is 2.21 bits per heavy atom. The monoisotopic (exact) mass is 413 g/mol. The van der Waals surface area contributed by atoms with Crippen molar-refractivity contribution in [2.45, 2.75) is 22.7 Å². The predicted octanol–water partition coefficient (Wildman–Crippen LogP) is 3.62. The largest absolute Gasteiger partial charge is 0.501 e. The van der Waals surface area contributed by atoms with Crippen LogP contribution in [-0.4, -0.2) is 44.9 Å². The zero-order chi connectivity index (χ0) is 20.5. The maximum absolute atomic E-state index is 12.6. The standard InChI is InChI=1S/C19H18F3NO4S/c1-27-16-6-2-13(3-7-16)15-10-11-23(12-15)18(24)14-4-8-17(9-5-14)28(25,26)19(20,21)22/h2-9,15H,10-12H2,1H3. The Hall–Kier alpha value is -2.55. The number of carbonyl (C=O) groups excluding carboxylic acids is 1. The van der Waals surface area contributed by atoms with E-state index in [1.807, 2.05) is 24.3 Å². The van der Waals surface area contributed by atoms with Gasteiger partial charge >= 0.3 is 5.51 Å². The van der Waals surface area contributed by atoms with Crippen LogP contribution in [0.25, 0.3) is 0 Å². The summed E-state index contributed by atoms with van der Waals surface area (Å²) in [7, 11) is -3.84. The van der Waals surface area contributed by atoms with Gasteiger partial charge in [0.1, 0.15) is 5.75 Å². The van der Waals surface area contributed by atoms with Crippen LogP contribution in [0.1, 0.15) is 28.3 Å². The van der Waals surface area contributed by atoms with Crippen LogP contribution in [-0.2, 0) is 9.84 Å². The number of carbonyl (C=O) groups is 1. The van der Waals surface area contributed by atoms with Gasteiger partial charge in [-0.05, 0) is 48.4 Å². The highest BCUT2D eigenvalue weighted by atomic mass is 32.2. The van der Waals surface area contributed by atoms with E-state index >= 15 is 0 Å². The van der Waals surface area contributed by atoms with E-state index in [-0.39, 0.29) is 17.4 Å². The second-order valence-electron chi connectivity index (χ2n) is 6.48. The lowest BCUT2D eigenvalue weighted by Gasteiger charge is -2.17. The highest BCUT2D eigenvalue weighted by molar-refractivity contribution is 7.92. The van der Waals surface area contributed by atoms with E-state index in [2.05, 4.69) is 0 Å². The molecule has 0 bridgehead atoms. The summed E-state index contributed by atoms with van der Waals surface area (Å²) in [5.41, 5.74) is -4.15. The SMILES string of the molecule is COc1ccc(C2CCN(C(=O)c3ccc(S(=O)(=O)C(F)(F)F)cc3)C2)cc1. The number of rotatable bonds is 4. The van der Waals surface area contributed by atoms with E-state index in [1.54, 1.807) is 12.0 Å². The number of methoxy groups -OCH3 is 1. The highest BCUT2D eigenvalue weighted by Gasteiger charge is 2.46. The second-order valence-corrected chi connectivity index (χ2v) is 8.42. The molecule has 1 aliphatic rings. The summed E-state index contributed by atoms with van der Waals surface area (Å²) < 4.78 is 65.8. The lowest BCUT2D eigenvalue weighted by molar-refractivity contribution is -0.0436. The third-order valence-electron chi connectivity index (χ3n) is 4.78. The lowest BCUT2D eigenvalue weighted by Crippen LogP contribution is -2.28. The van der Waals surface area contributed by atoms with Crippen molar-refractivity contribution in [2.24, 2.45) is 0 Å². The summed E-state index contributed by atoms with van der Waals surface area (Å²) in [6, 6.07) is 11.4. The Balaban J connectivity index is 1.71. The zero-order valence-electron chi connectivity index (χ0n) is 14.9. The molecule has 28 heavy (non-hydrogen) atoms. The van der Waals surface area contributed by atoms with E-state index in [1.165, 1.54) is 0 Å². The van der Waals surface area contributed by atoms with E-state index in [4.69, 9.17) is 4.74 Å². The molecule has 0 saturated carbocycles. The van der Waals surface area contributed by atoms with Crippen LogP contribution in [0.5, 0.6) is 5.75 Å². The Bertz CT molecular complexity index is 954. The molecule has 3 rings (SSSR count). The van der Waals surface area contributed by atoms with Crippen molar-refractivity contribution in [3.63, 3.8) is 0 Å². The topological polar surface area (TPSA) is 63.7 Å². The Labute approximate surface area is 160 Å². The number of hydrogen-bond donors (Lipinski definition) is 0. The van der Waals surface area contributed by atoms with Crippen LogP contribution >= 0.6 is 0 Å². The quantitative estimate of drug-likeness (QED) is 0.768. The minimum absolute atomic E-state index is 0.150. The van der Waals surface area contributed by atoms with Gasteiger partial charge in [0.15, 0.2) is 0 Å². The minimum Gasteiger partial charge on any atom is -0.497 e. The second kappa shape index (κ2) is 7.46. The van der Waals surface area contributed by atoms with Crippen LogP contribution in [0, 0.1) is 0 Å². The average molecular weight is 413 g/mol. The van der Waals surface area contributed by atoms with Gasteiger partial charge in [0, 0.05) is 24.6 Å². The molecule has 150 valence electrons. The number of sulfone groups is 1. The Morgan fingerprint density at radius 2 is 1.68 bits per heavy atom. The predicted molar refractivity (Wildman–Crippen MR) is 95.9 cm³/mol. The molecule has 0 radical (unpaired) electrons. The number of benzene rings is 2. The molecule has 2 aromatic carbocycles. The summed E-state index contributed by atoms with van der Waals surface area (Å²) in [5, 5.41) is 0. The van der Waals surface area contributed by atoms with Gasteiger partial charge in [0.05, 0.1) is 12.0 Å². The molecule has 0 aromatic heterocycles. The first-order valence-electron chi connectivity index (χ1n) is 8.48. The molecule has 0 spiro atoms. The van der Waals surface area contributed by atoms with Crippen molar-refractivity contribution >= 4 is 15.7 Å². The fraction of sp³-hybridized carbons (Fsp3) is 0.316. The van der Waals surface area contributed by atoms with Crippen molar-refractivity contribution in [1.29, 1.82) is 0 Å². The first kappa shape index (κ1) is 20.2. The van der Waals surface area contributed by atoms with Crippen LogP contribution in [0.3, 0.4) is 0 Å². The third kappa shape index (κ3) is 3.84. The van der Waals surface area contributed by atoms with E-state index in [0.29, 0.717) is 13.1 Å². The molecule has 1 aliphatic heterocycles. The van der Waals surface area contributed by atoms with Gasteiger partial charge in [-0.1, -0.05) is 12.1 Å². The van der Waals surface area contributed by atoms with Gasteiger partial charge in [0.2, 0.25) is 0 Å². The highest BCUT2D eigenvalue weighted by Crippen LogP contribution is 2.31. The first-order valence-corrected chi connectivity index (χ1v) is 9.96. The molecule has 1 fully saturated rings. The molecule has 1 saturated heterocycles. The van der Waals surface area contributed by atoms with Gasteiger partial charge in [-0.15, -0.1) is 0 Å². The molecule has 5 nitrogen and oxygen atoms in total. The average Bonchev–Trinajstić information content (AvgIpc) is 3.17. The Morgan fingerprint density at radius 1 is 1.07 bits per heavy atom. The van der Waals surface area contributed by atoms with Gasteiger partial charge in [0.25, 0.3) is 15.7 Å². The van der Waals surface area contributed by atoms with Crippen molar-refractivity contribution in [3.05, 3.63) is 59.7 Å². The fourth-order valence-electron chi connectivity index (χ4n) is 3.19. The van der Waals surface area contributed by atoms with Crippen LogP contribution in [0.4, 0.5) is 13.2 Å². The number of halogens is 3. The molecular formula is C19H18F3NO4S. The normalized spacial score (nSPS) is 17.6. The molecule has 1 amide bonds. The molecule has 9 heteroatoms. The number of nitrogens with zero attached hydrogens (tertiary/aromatic N) is 1. The fourth-order valence-corrected chi connectivity index (χ4v) is 3.95. The van der Waals surface area contributed by atoms with Crippen LogP contribution in [0.15, 0.2) is 53.4 Å². The van der Waals surface area contributed by atoms with Gasteiger partial charge in [-0.3, -0.25) is 4.79 Å². The Kier molecular flexibility index (Phi) is 5.38. The summed E-state index contributed by atoms with van der Waals surface area (Å²) >= 11 is 0. The van der Waals surface area contributed by atoms with Gasteiger partial charge < -0.3 is 9.64 Å². The van der Waals surface area contributed by atoms with E-state index < -0.39 is 20.2 Å². The summed E-state index contributed by atoms with van der Waals surface area (Å²) in [6.07, 6.45) is 0.763. The number of amides is 1.